The van der Waals surface area contributed by atoms with Crippen molar-refractivity contribution in [1.29, 1.82) is 0 Å². The number of allylic oxidation sites excluding steroid dienone is 2. The zero-order valence-electron chi connectivity index (χ0n) is 11.7. The molecule has 4 heteroatoms. The van der Waals surface area contributed by atoms with Crippen LogP contribution in [0.2, 0.25) is 0 Å². The van der Waals surface area contributed by atoms with Gasteiger partial charge in [-0.3, -0.25) is 4.79 Å². The molecule has 0 N–H and O–H groups in total. The lowest BCUT2D eigenvalue weighted by molar-refractivity contribution is 0.0763. The van der Waals surface area contributed by atoms with E-state index in [1.807, 2.05) is 37.8 Å². The number of hydrogen-bond acceptors (Lipinski definition) is 2. The fraction of sp³-hybridized carbons (Fsp3) is 0.400. The van der Waals surface area contributed by atoms with E-state index < -0.39 is 0 Å². The smallest absolute Gasteiger partial charge is 0.270 e. The molecule has 0 saturated carbocycles. The third-order valence-electron chi connectivity index (χ3n) is 3.30. The number of fused-ring (bicyclic) bond motifs is 1. The number of carbonyl (C=O) groups excluding carboxylic acids is 1. The summed E-state index contributed by atoms with van der Waals surface area (Å²) in [6.45, 7) is 8.28. The molecule has 0 radical (unpaired) electrons. The van der Waals surface area contributed by atoms with Crippen LogP contribution < -0.4 is 0 Å². The average Bonchev–Trinajstić information content (AvgIpc) is 2.98. The van der Waals surface area contributed by atoms with Gasteiger partial charge in [0.15, 0.2) is 0 Å². The number of hydrogen-bond donors (Lipinski definition) is 0. The van der Waals surface area contributed by atoms with E-state index in [1.54, 1.807) is 11.3 Å². The molecule has 0 bridgehead atoms. The van der Waals surface area contributed by atoms with E-state index in [0.29, 0.717) is 0 Å². The molecule has 0 unspecified atom stereocenters. The van der Waals surface area contributed by atoms with Gasteiger partial charge in [-0.15, -0.1) is 11.3 Å². The summed E-state index contributed by atoms with van der Waals surface area (Å²) in [5.74, 6) is 0.123. The van der Waals surface area contributed by atoms with Gasteiger partial charge in [-0.1, -0.05) is 12.2 Å². The first-order valence-electron chi connectivity index (χ1n) is 6.70. The van der Waals surface area contributed by atoms with Crippen LogP contribution in [0.3, 0.4) is 0 Å². The summed E-state index contributed by atoms with van der Waals surface area (Å²) in [5.41, 5.74) is 0.795. The van der Waals surface area contributed by atoms with Gasteiger partial charge in [-0.25, -0.2) is 0 Å². The summed E-state index contributed by atoms with van der Waals surface area (Å²) in [6.07, 6.45) is 4.10. The van der Waals surface area contributed by atoms with Gasteiger partial charge in [-0.05, 0) is 38.3 Å². The zero-order chi connectivity index (χ0) is 13.8. The van der Waals surface area contributed by atoms with Gasteiger partial charge in [0, 0.05) is 25.0 Å². The van der Waals surface area contributed by atoms with Crippen LogP contribution in [-0.4, -0.2) is 28.5 Å². The molecule has 2 heterocycles. The lowest BCUT2D eigenvalue weighted by atomic mass is 10.3. The van der Waals surface area contributed by atoms with E-state index in [1.165, 1.54) is 4.83 Å². The van der Waals surface area contributed by atoms with E-state index in [9.17, 15) is 4.79 Å². The molecule has 0 aliphatic carbocycles. The van der Waals surface area contributed by atoms with Crippen LogP contribution in [0.15, 0.2) is 29.7 Å². The molecule has 2 aromatic rings. The Bertz CT molecular complexity index is 590. The second-order valence-corrected chi connectivity index (χ2v) is 5.26. The third-order valence-corrected chi connectivity index (χ3v) is 4.25. The first-order chi connectivity index (χ1) is 9.22. The highest BCUT2D eigenvalue weighted by Gasteiger charge is 2.19. The molecule has 0 aliphatic rings. The Morgan fingerprint density at radius 3 is 2.79 bits per heavy atom. The predicted molar refractivity (Wildman–Crippen MR) is 81.9 cm³/mol. The van der Waals surface area contributed by atoms with Crippen LogP contribution in [0.4, 0.5) is 0 Å². The van der Waals surface area contributed by atoms with Crippen molar-refractivity contribution in [2.45, 2.75) is 27.3 Å². The molecule has 3 nitrogen and oxygen atoms in total. The lowest BCUT2D eigenvalue weighted by Crippen LogP contribution is -2.32. The van der Waals surface area contributed by atoms with Crippen LogP contribution in [0.5, 0.6) is 0 Å². The van der Waals surface area contributed by atoms with Crippen LogP contribution in [-0.2, 0) is 6.54 Å². The molecule has 2 rings (SSSR count). The highest BCUT2D eigenvalue weighted by atomic mass is 32.1. The largest absolute Gasteiger partial charge is 0.338 e. The van der Waals surface area contributed by atoms with Gasteiger partial charge in [0.25, 0.3) is 5.91 Å². The molecule has 0 spiro atoms. The Hall–Kier alpha value is -1.55. The summed E-state index contributed by atoms with van der Waals surface area (Å²) in [4.78, 5) is 15.6. The fourth-order valence-electron chi connectivity index (χ4n) is 2.22. The van der Waals surface area contributed by atoms with Crippen LogP contribution in [0.25, 0.3) is 10.2 Å². The highest BCUT2D eigenvalue weighted by Crippen LogP contribution is 2.26. The summed E-state index contributed by atoms with van der Waals surface area (Å²) in [5, 5.41) is 3.23. The second-order valence-electron chi connectivity index (χ2n) is 4.37. The van der Waals surface area contributed by atoms with Crippen LogP contribution in [0.1, 0.15) is 31.3 Å². The summed E-state index contributed by atoms with van der Waals surface area (Å²) in [6, 6.07) is 4.08. The molecule has 0 fully saturated rings. The monoisotopic (exact) mass is 276 g/mol. The molecule has 0 aliphatic heterocycles. The van der Waals surface area contributed by atoms with Gasteiger partial charge >= 0.3 is 0 Å². The molecule has 102 valence electrons. The zero-order valence-corrected chi connectivity index (χ0v) is 12.5. The second kappa shape index (κ2) is 6.06. The predicted octanol–water partition coefficient (Wildman–Crippen LogP) is 3.76. The normalized spacial score (nSPS) is 11.5. The number of aromatic nitrogens is 1. The van der Waals surface area contributed by atoms with Crippen molar-refractivity contribution in [2.24, 2.45) is 0 Å². The van der Waals surface area contributed by atoms with Crippen molar-refractivity contribution >= 4 is 27.5 Å². The Morgan fingerprint density at radius 2 is 2.16 bits per heavy atom. The molecule has 1 amide bonds. The van der Waals surface area contributed by atoms with Crippen molar-refractivity contribution in [3.05, 3.63) is 35.4 Å². The third kappa shape index (κ3) is 2.59. The molecule has 19 heavy (non-hydrogen) atoms. The van der Waals surface area contributed by atoms with Crippen molar-refractivity contribution in [1.82, 2.24) is 9.47 Å². The lowest BCUT2D eigenvalue weighted by Gasteiger charge is -2.19. The fourth-order valence-corrected chi connectivity index (χ4v) is 3.12. The Labute approximate surface area is 118 Å². The SMILES string of the molecule is C/C=C\Cn1c(C(=O)N(CC)CC)cc2ccsc21. The van der Waals surface area contributed by atoms with E-state index in [0.717, 1.165) is 30.7 Å². The van der Waals surface area contributed by atoms with Crippen molar-refractivity contribution in [3.63, 3.8) is 0 Å². The van der Waals surface area contributed by atoms with E-state index in [-0.39, 0.29) is 5.91 Å². The number of carbonyl (C=O) groups is 1. The van der Waals surface area contributed by atoms with Gasteiger partial charge < -0.3 is 9.47 Å². The molecule has 0 saturated heterocycles. The topological polar surface area (TPSA) is 25.2 Å². The van der Waals surface area contributed by atoms with E-state index in [4.69, 9.17) is 0 Å². The van der Waals surface area contributed by atoms with Gasteiger partial charge in [0.2, 0.25) is 0 Å². The minimum atomic E-state index is 0.123. The maximum Gasteiger partial charge on any atom is 0.270 e. The van der Waals surface area contributed by atoms with E-state index >= 15 is 0 Å². The molecule has 2 aromatic heterocycles. The standard InChI is InChI=1S/C15H20N2OS/c1-4-7-9-17-13(14(18)16(5-2)6-3)11-12-8-10-19-15(12)17/h4,7-8,10-11H,5-6,9H2,1-3H3/b7-4-. The van der Waals surface area contributed by atoms with E-state index in [2.05, 4.69) is 22.1 Å². The molecular formula is C15H20N2OS. The maximum atomic E-state index is 12.5. The van der Waals surface area contributed by atoms with Gasteiger partial charge in [0.05, 0.1) is 0 Å². The molecule has 0 aromatic carbocycles. The van der Waals surface area contributed by atoms with Gasteiger partial charge in [-0.2, -0.15) is 0 Å². The van der Waals surface area contributed by atoms with Crippen molar-refractivity contribution in [3.8, 4) is 0 Å². The average molecular weight is 276 g/mol. The molecule has 0 atom stereocenters. The minimum absolute atomic E-state index is 0.123. The maximum absolute atomic E-state index is 12.5. The summed E-state index contributed by atoms with van der Waals surface area (Å²) in [7, 11) is 0. The Kier molecular flexibility index (Phi) is 4.43. The number of thiophene rings is 1. The number of rotatable bonds is 5. The minimum Gasteiger partial charge on any atom is -0.338 e. The van der Waals surface area contributed by atoms with Crippen molar-refractivity contribution < 1.29 is 4.79 Å². The Morgan fingerprint density at radius 1 is 1.42 bits per heavy atom. The Balaban J connectivity index is 2.46. The van der Waals surface area contributed by atoms with Crippen LogP contribution >= 0.6 is 11.3 Å². The van der Waals surface area contributed by atoms with Crippen LogP contribution in [0, 0.1) is 0 Å². The van der Waals surface area contributed by atoms with Crippen molar-refractivity contribution in [2.75, 3.05) is 13.1 Å². The summed E-state index contributed by atoms with van der Waals surface area (Å²) >= 11 is 1.69. The summed E-state index contributed by atoms with van der Waals surface area (Å²) < 4.78 is 2.11. The first-order valence-corrected chi connectivity index (χ1v) is 7.58. The molecular weight excluding hydrogens is 256 g/mol. The number of nitrogens with zero attached hydrogens (tertiary/aromatic N) is 2. The number of amides is 1. The quantitative estimate of drug-likeness (QED) is 0.763. The highest BCUT2D eigenvalue weighted by molar-refractivity contribution is 7.16. The first kappa shape index (κ1) is 13.9. The van der Waals surface area contributed by atoms with Gasteiger partial charge in [0.1, 0.15) is 10.5 Å².